The number of aromatic nitrogens is 3. The topological polar surface area (TPSA) is 72.1 Å². The third kappa shape index (κ3) is 3.87. The highest BCUT2D eigenvalue weighted by molar-refractivity contribution is 6.34. The zero-order valence-corrected chi connectivity index (χ0v) is 16.6. The standard InChI is InChI=1S/C21H12ClF3N4O2/c1-11(30)29(18-5-3-12(23)8-15(18)22)21-19(17-6-7-26-10-27-17)20(28-31-21)14-4-2-13(24)9-16(14)25/h2-10H,1H3. The van der Waals surface area contributed by atoms with Crippen LogP contribution in [0.1, 0.15) is 6.92 Å². The lowest BCUT2D eigenvalue weighted by atomic mass is 10.0. The van der Waals surface area contributed by atoms with Gasteiger partial charge in [-0.3, -0.25) is 4.79 Å². The van der Waals surface area contributed by atoms with E-state index in [4.69, 9.17) is 16.1 Å². The van der Waals surface area contributed by atoms with Crippen LogP contribution in [0.3, 0.4) is 0 Å². The van der Waals surface area contributed by atoms with E-state index < -0.39 is 23.4 Å². The fraction of sp³-hybridized carbons (Fsp3) is 0.0476. The zero-order valence-electron chi connectivity index (χ0n) is 15.8. The van der Waals surface area contributed by atoms with Gasteiger partial charge in [0.1, 0.15) is 29.5 Å². The minimum absolute atomic E-state index is 0.0179. The lowest BCUT2D eigenvalue weighted by molar-refractivity contribution is -0.116. The van der Waals surface area contributed by atoms with Crippen LogP contribution in [0.15, 0.2) is 59.5 Å². The highest BCUT2D eigenvalue weighted by atomic mass is 35.5. The molecular weight excluding hydrogens is 433 g/mol. The first-order valence-corrected chi connectivity index (χ1v) is 9.22. The van der Waals surface area contributed by atoms with Gasteiger partial charge < -0.3 is 4.52 Å². The van der Waals surface area contributed by atoms with Crippen molar-refractivity contribution < 1.29 is 22.5 Å². The summed E-state index contributed by atoms with van der Waals surface area (Å²) in [6.45, 7) is 1.24. The first kappa shape index (κ1) is 20.5. The number of hydrogen-bond acceptors (Lipinski definition) is 5. The highest BCUT2D eigenvalue weighted by Crippen LogP contribution is 2.43. The summed E-state index contributed by atoms with van der Waals surface area (Å²) in [4.78, 5) is 21.6. The fourth-order valence-corrected chi connectivity index (χ4v) is 3.31. The maximum absolute atomic E-state index is 14.5. The third-order valence-corrected chi connectivity index (χ3v) is 4.67. The second kappa shape index (κ2) is 8.19. The summed E-state index contributed by atoms with van der Waals surface area (Å²) in [5, 5.41) is 3.86. The Morgan fingerprint density at radius 1 is 1.06 bits per heavy atom. The summed E-state index contributed by atoms with van der Waals surface area (Å²) in [6, 6.07) is 7.92. The monoisotopic (exact) mass is 444 g/mol. The number of amides is 1. The lowest BCUT2D eigenvalue weighted by Crippen LogP contribution is -2.23. The lowest BCUT2D eigenvalue weighted by Gasteiger charge is -2.20. The first-order valence-electron chi connectivity index (χ1n) is 8.84. The van der Waals surface area contributed by atoms with Gasteiger partial charge in [-0.05, 0) is 36.4 Å². The molecular formula is C21H12ClF3N4O2. The molecule has 0 fully saturated rings. The van der Waals surface area contributed by atoms with Crippen molar-refractivity contribution in [2.45, 2.75) is 6.92 Å². The number of rotatable bonds is 4. The number of carbonyl (C=O) groups excluding carboxylic acids is 1. The molecule has 156 valence electrons. The molecule has 31 heavy (non-hydrogen) atoms. The number of hydrogen-bond donors (Lipinski definition) is 0. The number of nitrogens with zero attached hydrogens (tertiary/aromatic N) is 4. The van der Waals surface area contributed by atoms with Crippen molar-refractivity contribution in [3.05, 3.63) is 77.5 Å². The van der Waals surface area contributed by atoms with Crippen molar-refractivity contribution in [1.29, 1.82) is 0 Å². The van der Waals surface area contributed by atoms with Gasteiger partial charge in [-0.1, -0.05) is 16.8 Å². The minimum atomic E-state index is -0.885. The van der Waals surface area contributed by atoms with Gasteiger partial charge in [-0.25, -0.2) is 28.0 Å². The molecule has 4 rings (SSSR count). The maximum Gasteiger partial charge on any atom is 0.248 e. The van der Waals surface area contributed by atoms with Crippen molar-refractivity contribution in [3.8, 4) is 22.5 Å². The predicted octanol–water partition coefficient (Wildman–Crippen LogP) is 5.55. The van der Waals surface area contributed by atoms with Crippen molar-refractivity contribution in [2.75, 3.05) is 4.90 Å². The Labute approximate surface area is 178 Å². The Morgan fingerprint density at radius 3 is 2.45 bits per heavy atom. The van der Waals surface area contributed by atoms with Crippen molar-refractivity contribution in [3.63, 3.8) is 0 Å². The number of carbonyl (C=O) groups is 1. The Kier molecular flexibility index (Phi) is 5.43. The molecule has 0 aliphatic heterocycles. The van der Waals surface area contributed by atoms with E-state index >= 15 is 0 Å². The van der Waals surface area contributed by atoms with Crippen molar-refractivity contribution in [2.24, 2.45) is 0 Å². The second-order valence-corrected chi connectivity index (χ2v) is 6.79. The molecule has 2 heterocycles. The van der Waals surface area contributed by atoms with Crippen LogP contribution in [-0.2, 0) is 4.79 Å². The summed E-state index contributed by atoms with van der Waals surface area (Å²) in [7, 11) is 0. The van der Waals surface area contributed by atoms with E-state index in [1.165, 1.54) is 37.6 Å². The van der Waals surface area contributed by atoms with Gasteiger partial charge in [0.05, 0.1) is 22.0 Å². The largest absolute Gasteiger partial charge is 0.336 e. The van der Waals surface area contributed by atoms with Gasteiger partial charge >= 0.3 is 0 Å². The molecule has 0 bridgehead atoms. The molecule has 0 unspecified atom stereocenters. The van der Waals surface area contributed by atoms with Crippen LogP contribution < -0.4 is 4.90 Å². The normalized spacial score (nSPS) is 10.9. The van der Waals surface area contributed by atoms with E-state index in [1.807, 2.05) is 0 Å². The number of benzene rings is 2. The second-order valence-electron chi connectivity index (χ2n) is 6.38. The van der Waals surface area contributed by atoms with Crippen molar-refractivity contribution >= 4 is 29.1 Å². The molecule has 0 aliphatic rings. The maximum atomic E-state index is 14.5. The quantitative estimate of drug-likeness (QED) is 0.412. The molecule has 6 nitrogen and oxygen atoms in total. The van der Waals surface area contributed by atoms with Gasteiger partial charge in [0.15, 0.2) is 0 Å². The Morgan fingerprint density at radius 2 is 1.81 bits per heavy atom. The summed E-state index contributed by atoms with van der Waals surface area (Å²) in [5.41, 5.74) is 0.431. The molecule has 0 saturated carbocycles. The summed E-state index contributed by atoms with van der Waals surface area (Å²) in [6.07, 6.45) is 2.69. The fourth-order valence-electron chi connectivity index (χ4n) is 3.05. The van der Waals surface area contributed by atoms with Crippen LogP contribution in [0, 0.1) is 17.5 Å². The van der Waals surface area contributed by atoms with Crippen molar-refractivity contribution in [1.82, 2.24) is 15.1 Å². The van der Waals surface area contributed by atoms with E-state index in [1.54, 1.807) is 0 Å². The van der Waals surface area contributed by atoms with Gasteiger partial charge in [0.2, 0.25) is 11.8 Å². The zero-order chi connectivity index (χ0) is 22.1. The van der Waals surface area contributed by atoms with Crippen LogP contribution >= 0.6 is 11.6 Å². The molecule has 4 aromatic rings. The number of anilines is 2. The highest BCUT2D eigenvalue weighted by Gasteiger charge is 2.30. The van der Waals surface area contributed by atoms with Gasteiger partial charge in [-0.15, -0.1) is 0 Å². The van der Waals surface area contributed by atoms with Crippen LogP contribution in [0.25, 0.3) is 22.5 Å². The Balaban J connectivity index is 1.99. The average molecular weight is 445 g/mol. The molecule has 2 aromatic heterocycles. The predicted molar refractivity (Wildman–Crippen MR) is 107 cm³/mol. The van der Waals surface area contributed by atoms with E-state index in [-0.39, 0.29) is 39.1 Å². The van der Waals surface area contributed by atoms with E-state index in [9.17, 15) is 18.0 Å². The molecule has 1 amide bonds. The molecule has 10 heteroatoms. The summed E-state index contributed by atoms with van der Waals surface area (Å²) in [5.74, 6) is -2.91. The molecule has 0 atom stereocenters. The van der Waals surface area contributed by atoms with Gasteiger partial charge in [0, 0.05) is 24.8 Å². The van der Waals surface area contributed by atoms with Crippen LogP contribution in [-0.4, -0.2) is 21.0 Å². The summed E-state index contributed by atoms with van der Waals surface area (Å²) < 4.78 is 46.9. The van der Waals surface area contributed by atoms with Crippen LogP contribution in [0.4, 0.5) is 24.7 Å². The third-order valence-electron chi connectivity index (χ3n) is 4.37. The average Bonchev–Trinajstić information content (AvgIpc) is 3.14. The molecule has 0 radical (unpaired) electrons. The van der Waals surface area contributed by atoms with Gasteiger partial charge in [-0.2, -0.15) is 0 Å². The molecule has 0 N–H and O–H groups in total. The van der Waals surface area contributed by atoms with Crippen LogP contribution in [0.2, 0.25) is 5.02 Å². The smallest absolute Gasteiger partial charge is 0.248 e. The van der Waals surface area contributed by atoms with E-state index in [0.717, 1.165) is 23.1 Å². The Bertz CT molecular complexity index is 1280. The summed E-state index contributed by atoms with van der Waals surface area (Å²) >= 11 is 6.16. The minimum Gasteiger partial charge on any atom is -0.336 e. The SMILES string of the molecule is CC(=O)N(c1ccc(F)cc1Cl)c1onc(-c2ccc(F)cc2F)c1-c1ccncn1. The molecule has 0 spiro atoms. The molecule has 0 aliphatic carbocycles. The Hall–Kier alpha value is -3.72. The van der Waals surface area contributed by atoms with E-state index in [0.29, 0.717) is 6.07 Å². The van der Waals surface area contributed by atoms with E-state index in [2.05, 4.69) is 15.1 Å². The first-order chi connectivity index (χ1) is 14.9. The molecule has 2 aromatic carbocycles. The van der Waals surface area contributed by atoms with Gasteiger partial charge in [0.25, 0.3) is 0 Å². The molecule has 0 saturated heterocycles. The van der Waals surface area contributed by atoms with Crippen LogP contribution in [0.5, 0.6) is 0 Å². The number of halogens is 4.